The number of hydrogen-bond acceptors (Lipinski definition) is 5. The van der Waals surface area contributed by atoms with Crippen molar-refractivity contribution in [3.05, 3.63) is 53.8 Å². The molecular weight excluding hydrogens is 361 g/mol. The standard InChI is InChI=1S/C21H24FN3O3/c1-15(16-5-10-20(19(22)13-16)25-11-3-4-12-25)23-24-21(26)14-28-18-8-6-17(27-2)7-9-18/h5-10,13H,3-4,11-12,14H2,1-2H3,(H,24,26)/b23-15-. The van der Waals surface area contributed by atoms with Crippen molar-refractivity contribution in [1.82, 2.24) is 5.43 Å². The first-order valence-corrected chi connectivity index (χ1v) is 9.21. The summed E-state index contributed by atoms with van der Waals surface area (Å²) in [6.45, 7) is 3.31. The summed E-state index contributed by atoms with van der Waals surface area (Å²) in [5, 5.41) is 4.04. The molecule has 148 valence electrons. The maximum atomic E-state index is 14.4. The number of hydrazone groups is 1. The van der Waals surface area contributed by atoms with Gasteiger partial charge in [0, 0.05) is 18.7 Å². The van der Waals surface area contributed by atoms with Crippen molar-refractivity contribution < 1.29 is 18.7 Å². The molecule has 1 fully saturated rings. The number of rotatable bonds is 7. The van der Waals surface area contributed by atoms with Crippen molar-refractivity contribution >= 4 is 17.3 Å². The Kier molecular flexibility index (Phi) is 6.47. The number of carbonyl (C=O) groups is 1. The van der Waals surface area contributed by atoms with E-state index < -0.39 is 5.91 Å². The first-order valence-electron chi connectivity index (χ1n) is 9.21. The van der Waals surface area contributed by atoms with Crippen LogP contribution in [0.3, 0.4) is 0 Å². The van der Waals surface area contributed by atoms with E-state index in [4.69, 9.17) is 9.47 Å². The highest BCUT2D eigenvalue weighted by molar-refractivity contribution is 5.99. The molecule has 0 aromatic heterocycles. The quantitative estimate of drug-likeness (QED) is 0.586. The van der Waals surface area contributed by atoms with Gasteiger partial charge < -0.3 is 14.4 Å². The van der Waals surface area contributed by atoms with E-state index >= 15 is 0 Å². The molecule has 7 heteroatoms. The second kappa shape index (κ2) is 9.21. The van der Waals surface area contributed by atoms with Crippen molar-refractivity contribution in [1.29, 1.82) is 0 Å². The lowest BCUT2D eigenvalue weighted by Gasteiger charge is -2.18. The molecule has 0 bridgehead atoms. The molecule has 3 rings (SSSR count). The summed E-state index contributed by atoms with van der Waals surface area (Å²) in [4.78, 5) is 14.0. The van der Waals surface area contributed by atoms with Crippen LogP contribution in [0.4, 0.5) is 10.1 Å². The number of benzene rings is 2. The van der Waals surface area contributed by atoms with Gasteiger partial charge in [-0.25, -0.2) is 9.82 Å². The average molecular weight is 385 g/mol. The van der Waals surface area contributed by atoms with Gasteiger partial charge in [0.1, 0.15) is 17.3 Å². The highest BCUT2D eigenvalue weighted by atomic mass is 19.1. The fourth-order valence-electron chi connectivity index (χ4n) is 3.01. The van der Waals surface area contributed by atoms with Gasteiger partial charge in [-0.1, -0.05) is 6.07 Å². The molecule has 0 radical (unpaired) electrons. The van der Waals surface area contributed by atoms with Crippen LogP contribution in [-0.4, -0.2) is 38.4 Å². The van der Waals surface area contributed by atoms with E-state index in [2.05, 4.69) is 10.5 Å². The van der Waals surface area contributed by atoms with Gasteiger partial charge in [-0.05, 0) is 56.2 Å². The maximum absolute atomic E-state index is 14.4. The normalized spacial score (nSPS) is 14.1. The summed E-state index contributed by atoms with van der Waals surface area (Å²) in [5.41, 5.74) is 4.19. The summed E-state index contributed by atoms with van der Waals surface area (Å²) in [6.07, 6.45) is 2.18. The van der Waals surface area contributed by atoms with Crippen molar-refractivity contribution in [2.45, 2.75) is 19.8 Å². The molecule has 1 aliphatic heterocycles. The lowest BCUT2D eigenvalue weighted by atomic mass is 10.1. The van der Waals surface area contributed by atoms with Crippen molar-refractivity contribution in [2.24, 2.45) is 5.10 Å². The molecular formula is C21H24FN3O3. The average Bonchev–Trinajstić information content (AvgIpc) is 3.25. The molecule has 0 aliphatic carbocycles. The van der Waals surface area contributed by atoms with Crippen LogP contribution in [0.15, 0.2) is 47.6 Å². The summed E-state index contributed by atoms with van der Waals surface area (Å²) in [5.74, 6) is 0.587. The SMILES string of the molecule is COc1ccc(OCC(=O)N/N=C(/C)c2ccc(N3CCCC3)c(F)c2)cc1. The Labute approximate surface area is 163 Å². The van der Waals surface area contributed by atoms with Gasteiger partial charge in [0.15, 0.2) is 6.61 Å². The molecule has 28 heavy (non-hydrogen) atoms. The van der Waals surface area contributed by atoms with Gasteiger partial charge in [0.05, 0.1) is 18.5 Å². The van der Waals surface area contributed by atoms with Crippen LogP contribution in [-0.2, 0) is 4.79 Å². The van der Waals surface area contributed by atoms with E-state index in [9.17, 15) is 9.18 Å². The highest BCUT2D eigenvalue weighted by Crippen LogP contribution is 2.24. The smallest absolute Gasteiger partial charge is 0.277 e. The van der Waals surface area contributed by atoms with Gasteiger partial charge >= 0.3 is 0 Å². The number of halogens is 1. The van der Waals surface area contributed by atoms with Crippen molar-refractivity contribution in [3.8, 4) is 11.5 Å². The third kappa shape index (κ3) is 5.00. The Morgan fingerprint density at radius 3 is 2.46 bits per heavy atom. The third-order valence-corrected chi connectivity index (χ3v) is 4.59. The summed E-state index contributed by atoms with van der Waals surface area (Å²) in [7, 11) is 1.58. The van der Waals surface area contributed by atoms with E-state index in [-0.39, 0.29) is 12.4 Å². The van der Waals surface area contributed by atoms with Crippen LogP contribution >= 0.6 is 0 Å². The van der Waals surface area contributed by atoms with E-state index in [1.165, 1.54) is 6.07 Å². The van der Waals surface area contributed by atoms with E-state index in [1.54, 1.807) is 44.4 Å². The molecule has 1 heterocycles. The lowest BCUT2D eigenvalue weighted by molar-refractivity contribution is -0.123. The molecule has 0 saturated carbocycles. The third-order valence-electron chi connectivity index (χ3n) is 4.59. The molecule has 1 amide bonds. The van der Waals surface area contributed by atoms with Gasteiger partial charge in [0.2, 0.25) is 0 Å². The predicted molar refractivity (Wildman–Crippen MR) is 107 cm³/mol. The second-order valence-corrected chi connectivity index (χ2v) is 6.56. The van der Waals surface area contributed by atoms with Crippen LogP contribution in [0, 0.1) is 5.82 Å². The van der Waals surface area contributed by atoms with Crippen LogP contribution in [0.2, 0.25) is 0 Å². The first kappa shape index (κ1) is 19.7. The van der Waals surface area contributed by atoms with Gasteiger partial charge in [-0.3, -0.25) is 4.79 Å². The molecule has 0 atom stereocenters. The molecule has 0 unspecified atom stereocenters. The highest BCUT2D eigenvalue weighted by Gasteiger charge is 2.16. The Morgan fingerprint density at radius 1 is 1.14 bits per heavy atom. The molecule has 2 aromatic rings. The zero-order chi connectivity index (χ0) is 19.9. The van der Waals surface area contributed by atoms with Gasteiger partial charge in [0.25, 0.3) is 5.91 Å². The van der Waals surface area contributed by atoms with E-state index in [0.717, 1.165) is 25.9 Å². The number of ether oxygens (including phenoxy) is 2. The minimum absolute atomic E-state index is 0.175. The Hall–Kier alpha value is -3.09. The monoisotopic (exact) mass is 385 g/mol. The number of amides is 1. The van der Waals surface area contributed by atoms with E-state index in [0.29, 0.717) is 28.5 Å². The zero-order valence-corrected chi connectivity index (χ0v) is 16.1. The number of nitrogens with one attached hydrogen (secondary N) is 1. The van der Waals surface area contributed by atoms with Crippen molar-refractivity contribution in [2.75, 3.05) is 31.7 Å². The summed E-state index contributed by atoms with van der Waals surface area (Å²) in [6, 6.07) is 12.0. The number of hydrogen-bond donors (Lipinski definition) is 1. The topological polar surface area (TPSA) is 63.2 Å². The Morgan fingerprint density at radius 2 is 1.82 bits per heavy atom. The molecule has 1 N–H and O–H groups in total. The fourth-order valence-corrected chi connectivity index (χ4v) is 3.01. The minimum atomic E-state index is -0.399. The summed E-state index contributed by atoms with van der Waals surface area (Å²) < 4.78 is 24.9. The summed E-state index contributed by atoms with van der Waals surface area (Å²) >= 11 is 0. The number of anilines is 1. The largest absolute Gasteiger partial charge is 0.497 e. The maximum Gasteiger partial charge on any atom is 0.277 e. The Bertz CT molecular complexity index is 846. The number of methoxy groups -OCH3 is 1. The zero-order valence-electron chi connectivity index (χ0n) is 16.1. The van der Waals surface area contributed by atoms with Gasteiger partial charge in [-0.15, -0.1) is 0 Å². The van der Waals surface area contributed by atoms with Crippen LogP contribution in [0.5, 0.6) is 11.5 Å². The van der Waals surface area contributed by atoms with Crippen molar-refractivity contribution in [3.63, 3.8) is 0 Å². The fraction of sp³-hybridized carbons (Fsp3) is 0.333. The van der Waals surface area contributed by atoms with Crippen LogP contribution in [0.25, 0.3) is 0 Å². The minimum Gasteiger partial charge on any atom is -0.497 e. The predicted octanol–water partition coefficient (Wildman–Crippen LogP) is 3.35. The molecule has 1 aliphatic rings. The molecule has 0 spiro atoms. The number of carbonyl (C=O) groups excluding carboxylic acids is 1. The number of nitrogens with zero attached hydrogens (tertiary/aromatic N) is 2. The second-order valence-electron chi connectivity index (χ2n) is 6.56. The Balaban J connectivity index is 1.54. The molecule has 6 nitrogen and oxygen atoms in total. The van der Waals surface area contributed by atoms with E-state index in [1.807, 2.05) is 11.0 Å². The first-order chi connectivity index (χ1) is 13.6. The molecule has 2 aromatic carbocycles. The van der Waals surface area contributed by atoms with Crippen LogP contribution < -0.4 is 19.8 Å². The lowest BCUT2D eigenvalue weighted by Crippen LogP contribution is -2.25. The molecule has 1 saturated heterocycles. The van der Waals surface area contributed by atoms with Crippen LogP contribution in [0.1, 0.15) is 25.3 Å². The van der Waals surface area contributed by atoms with Gasteiger partial charge in [-0.2, -0.15) is 5.10 Å².